The Morgan fingerprint density at radius 3 is 2.75 bits per heavy atom. The summed E-state index contributed by atoms with van der Waals surface area (Å²) in [4.78, 5) is 38.6. The molecule has 1 aromatic heterocycles. The third kappa shape index (κ3) is 2.80. The topological polar surface area (TPSA) is 105 Å². The molecule has 1 aromatic rings. The minimum absolute atomic E-state index is 0.0368. The minimum atomic E-state index is -0.503. The van der Waals surface area contributed by atoms with E-state index in [1.165, 1.54) is 6.07 Å². The first-order valence-electron chi connectivity index (χ1n) is 6.62. The van der Waals surface area contributed by atoms with Crippen LogP contribution in [0.4, 0.5) is 0 Å². The Kier molecular flexibility index (Phi) is 3.76. The highest BCUT2D eigenvalue weighted by Crippen LogP contribution is 2.33. The molecule has 0 saturated heterocycles. The van der Waals surface area contributed by atoms with Gasteiger partial charge in [0.05, 0.1) is 0 Å². The van der Waals surface area contributed by atoms with Gasteiger partial charge >= 0.3 is 0 Å². The molecule has 108 valence electrons. The van der Waals surface area contributed by atoms with Gasteiger partial charge in [0, 0.05) is 30.8 Å². The molecule has 0 bridgehead atoms. The summed E-state index contributed by atoms with van der Waals surface area (Å²) in [6.45, 7) is 4.54. The van der Waals surface area contributed by atoms with Crippen molar-refractivity contribution in [3.8, 4) is 0 Å². The summed E-state index contributed by atoms with van der Waals surface area (Å²) in [6.07, 6.45) is 1.03. The van der Waals surface area contributed by atoms with Crippen molar-refractivity contribution in [1.82, 2.24) is 10.3 Å². The molecule has 4 N–H and O–H groups in total. The fourth-order valence-electron chi connectivity index (χ4n) is 2.48. The van der Waals surface area contributed by atoms with E-state index in [2.05, 4.69) is 10.3 Å². The number of nitrogens with two attached hydrogens (primary N) is 1. The summed E-state index contributed by atoms with van der Waals surface area (Å²) in [6, 6.07) is 1.40. The zero-order chi connectivity index (χ0) is 14.9. The van der Waals surface area contributed by atoms with Crippen LogP contribution in [0.1, 0.15) is 46.7 Å². The molecule has 0 atom stereocenters. The number of Topliss-reactive ketones (excluding diaryl/α,β-unsaturated/α-hetero) is 1. The number of pyridine rings is 1. The Labute approximate surface area is 116 Å². The Hall–Kier alpha value is -1.95. The van der Waals surface area contributed by atoms with E-state index in [9.17, 15) is 14.4 Å². The van der Waals surface area contributed by atoms with Gasteiger partial charge in [0.2, 0.25) is 0 Å². The van der Waals surface area contributed by atoms with Gasteiger partial charge < -0.3 is 16.0 Å². The molecule has 1 amide bonds. The smallest absolute Gasteiger partial charge is 0.261 e. The second-order valence-corrected chi connectivity index (χ2v) is 5.89. The molecule has 0 radical (unpaired) electrons. The number of H-pyrrole nitrogens is 1. The van der Waals surface area contributed by atoms with Crippen LogP contribution in [0, 0.1) is 5.41 Å². The third-order valence-corrected chi connectivity index (χ3v) is 3.39. The van der Waals surface area contributed by atoms with Gasteiger partial charge in [-0.25, -0.2) is 0 Å². The van der Waals surface area contributed by atoms with E-state index < -0.39 is 11.5 Å². The fourth-order valence-corrected chi connectivity index (χ4v) is 2.48. The molecule has 6 heteroatoms. The lowest BCUT2D eigenvalue weighted by molar-refractivity contribution is 0.0910. The van der Waals surface area contributed by atoms with E-state index in [1.54, 1.807) is 0 Å². The van der Waals surface area contributed by atoms with Gasteiger partial charge in [-0.3, -0.25) is 14.4 Å². The lowest BCUT2D eigenvalue weighted by Gasteiger charge is -2.29. The average molecular weight is 277 g/mol. The number of ketones is 1. The number of aromatic amines is 1. The van der Waals surface area contributed by atoms with Gasteiger partial charge in [-0.15, -0.1) is 0 Å². The molecule has 1 heterocycles. The van der Waals surface area contributed by atoms with Crippen molar-refractivity contribution < 1.29 is 9.59 Å². The van der Waals surface area contributed by atoms with Crippen molar-refractivity contribution in [2.24, 2.45) is 11.1 Å². The molecule has 6 nitrogen and oxygen atoms in total. The van der Waals surface area contributed by atoms with E-state index in [0.717, 1.165) is 0 Å². The molecule has 0 unspecified atom stereocenters. The maximum absolute atomic E-state index is 12.1. The van der Waals surface area contributed by atoms with Crippen LogP contribution in [0.5, 0.6) is 0 Å². The summed E-state index contributed by atoms with van der Waals surface area (Å²) < 4.78 is 0. The van der Waals surface area contributed by atoms with Gasteiger partial charge in [0.25, 0.3) is 11.5 Å². The SMILES string of the molecule is CC1(C)CC(=O)c2cc(C(=O)NCCN)c(=O)[nH]c2C1. The fraction of sp³-hybridized carbons (Fsp3) is 0.500. The molecule has 1 aliphatic carbocycles. The van der Waals surface area contributed by atoms with Crippen LogP contribution >= 0.6 is 0 Å². The highest BCUT2D eigenvalue weighted by molar-refractivity contribution is 6.02. The quantitative estimate of drug-likeness (QED) is 0.734. The van der Waals surface area contributed by atoms with E-state index in [-0.39, 0.29) is 23.3 Å². The first-order chi connectivity index (χ1) is 9.34. The largest absolute Gasteiger partial charge is 0.351 e. The first-order valence-corrected chi connectivity index (χ1v) is 6.62. The second-order valence-electron chi connectivity index (χ2n) is 5.89. The Bertz CT molecular complexity index is 617. The third-order valence-electron chi connectivity index (χ3n) is 3.39. The number of fused-ring (bicyclic) bond motifs is 1. The second kappa shape index (κ2) is 5.20. The van der Waals surface area contributed by atoms with Crippen LogP contribution in [-0.2, 0) is 6.42 Å². The van der Waals surface area contributed by atoms with Gasteiger partial charge in [0.1, 0.15) is 5.56 Å². The van der Waals surface area contributed by atoms with Crippen LogP contribution < -0.4 is 16.6 Å². The van der Waals surface area contributed by atoms with Crippen molar-refractivity contribution in [1.29, 1.82) is 0 Å². The van der Waals surface area contributed by atoms with Crippen LogP contribution in [0.25, 0.3) is 0 Å². The lowest BCUT2D eigenvalue weighted by atomic mass is 9.75. The summed E-state index contributed by atoms with van der Waals surface area (Å²) in [7, 11) is 0. The normalized spacial score (nSPS) is 16.6. The predicted octanol–water partition coefficient (Wildman–Crippen LogP) is 0.218. The molecule has 0 fully saturated rings. The minimum Gasteiger partial charge on any atom is -0.351 e. The molecular weight excluding hydrogens is 258 g/mol. The molecular formula is C14H19N3O3. The molecule has 0 saturated carbocycles. The van der Waals surface area contributed by atoms with Gasteiger partial charge in [-0.2, -0.15) is 0 Å². The number of rotatable bonds is 3. The number of hydrogen-bond acceptors (Lipinski definition) is 4. The van der Waals surface area contributed by atoms with E-state index >= 15 is 0 Å². The summed E-state index contributed by atoms with van der Waals surface area (Å²) in [5.74, 6) is -0.544. The zero-order valence-corrected chi connectivity index (χ0v) is 11.7. The standard InChI is InChI=1S/C14H19N3O3/c1-14(2)6-10-8(11(18)7-14)5-9(13(20)17-10)12(19)16-4-3-15/h5H,3-4,6-7,15H2,1-2H3,(H,16,19)(H,17,20). The maximum atomic E-state index is 12.1. The number of hydrogen-bond donors (Lipinski definition) is 3. The van der Waals surface area contributed by atoms with Crippen molar-refractivity contribution in [2.45, 2.75) is 26.7 Å². The van der Waals surface area contributed by atoms with Crippen LogP contribution in [0.2, 0.25) is 0 Å². The maximum Gasteiger partial charge on any atom is 0.261 e. The summed E-state index contributed by atoms with van der Waals surface area (Å²) >= 11 is 0. The monoisotopic (exact) mass is 277 g/mol. The number of carbonyl (C=O) groups is 2. The molecule has 0 spiro atoms. The van der Waals surface area contributed by atoms with Crippen molar-refractivity contribution in [2.75, 3.05) is 13.1 Å². The number of amides is 1. The van der Waals surface area contributed by atoms with Crippen LogP contribution in [-0.4, -0.2) is 29.8 Å². The first kappa shape index (κ1) is 14.5. The molecule has 2 rings (SSSR count). The highest BCUT2D eigenvalue weighted by atomic mass is 16.2. The number of carbonyl (C=O) groups excluding carboxylic acids is 2. The lowest BCUT2D eigenvalue weighted by Crippen LogP contribution is -2.36. The van der Waals surface area contributed by atoms with Crippen molar-refractivity contribution in [3.05, 3.63) is 33.2 Å². The molecule has 0 aromatic carbocycles. The van der Waals surface area contributed by atoms with Crippen LogP contribution in [0.15, 0.2) is 10.9 Å². The van der Waals surface area contributed by atoms with E-state index in [4.69, 9.17) is 5.73 Å². The van der Waals surface area contributed by atoms with E-state index in [0.29, 0.717) is 30.6 Å². The van der Waals surface area contributed by atoms with Gasteiger partial charge in [0.15, 0.2) is 5.78 Å². The van der Waals surface area contributed by atoms with Crippen molar-refractivity contribution in [3.63, 3.8) is 0 Å². The van der Waals surface area contributed by atoms with Gasteiger partial charge in [-0.05, 0) is 17.9 Å². The predicted molar refractivity (Wildman–Crippen MR) is 74.9 cm³/mol. The Morgan fingerprint density at radius 2 is 2.10 bits per heavy atom. The number of nitrogens with one attached hydrogen (secondary N) is 2. The average Bonchev–Trinajstić information content (AvgIpc) is 2.33. The molecule has 1 aliphatic rings. The van der Waals surface area contributed by atoms with Crippen LogP contribution in [0.3, 0.4) is 0 Å². The number of aromatic nitrogens is 1. The Morgan fingerprint density at radius 1 is 1.40 bits per heavy atom. The van der Waals surface area contributed by atoms with E-state index in [1.807, 2.05) is 13.8 Å². The van der Waals surface area contributed by atoms with Gasteiger partial charge in [-0.1, -0.05) is 13.8 Å². The zero-order valence-electron chi connectivity index (χ0n) is 11.7. The molecule has 0 aliphatic heterocycles. The Balaban J connectivity index is 2.41. The van der Waals surface area contributed by atoms with Crippen molar-refractivity contribution >= 4 is 11.7 Å². The molecule has 20 heavy (non-hydrogen) atoms. The highest BCUT2D eigenvalue weighted by Gasteiger charge is 2.32. The summed E-state index contributed by atoms with van der Waals surface area (Å²) in [5, 5.41) is 2.53. The summed E-state index contributed by atoms with van der Waals surface area (Å²) in [5.41, 5.74) is 5.69.